The van der Waals surface area contributed by atoms with Gasteiger partial charge in [0, 0.05) is 25.2 Å². The van der Waals surface area contributed by atoms with Gasteiger partial charge >= 0.3 is 0 Å². The van der Waals surface area contributed by atoms with E-state index in [4.69, 9.17) is 0 Å². The van der Waals surface area contributed by atoms with E-state index in [1.807, 2.05) is 27.7 Å². The molecule has 0 aliphatic carbocycles. The minimum atomic E-state index is 0.659. The van der Waals surface area contributed by atoms with Crippen molar-refractivity contribution in [2.75, 3.05) is 13.1 Å². The first-order chi connectivity index (χ1) is 5.79. The van der Waals surface area contributed by atoms with Crippen LogP contribution >= 0.6 is 0 Å². The highest BCUT2D eigenvalue weighted by Crippen LogP contribution is 1.89. The Morgan fingerprint density at radius 2 is 1.00 bits per heavy atom. The van der Waals surface area contributed by atoms with Gasteiger partial charge in [-0.05, 0) is 13.8 Å². The summed E-state index contributed by atoms with van der Waals surface area (Å²) in [4.78, 5) is 0. The zero-order valence-corrected chi connectivity index (χ0v) is 9.57. The Kier molecular flexibility index (Phi) is 13.1. The molecular weight excluding hydrogens is 148 g/mol. The second-order valence-electron chi connectivity index (χ2n) is 2.62. The maximum Gasteiger partial charge on any atom is 0.0164 e. The summed E-state index contributed by atoms with van der Waals surface area (Å²) >= 11 is 0. The normalized spacial score (nSPS) is 27.5. The predicted molar refractivity (Wildman–Crippen MR) is 57.6 cm³/mol. The van der Waals surface area contributed by atoms with Crippen molar-refractivity contribution in [2.24, 2.45) is 0 Å². The molecule has 0 aromatic rings. The minimum Gasteiger partial charge on any atom is -0.311 e. The van der Waals surface area contributed by atoms with Crippen molar-refractivity contribution in [3.8, 4) is 0 Å². The third kappa shape index (κ3) is 8.02. The van der Waals surface area contributed by atoms with Crippen molar-refractivity contribution >= 4 is 0 Å². The summed E-state index contributed by atoms with van der Waals surface area (Å²) in [6.07, 6.45) is 0. The third-order valence-corrected chi connectivity index (χ3v) is 1.54. The Bertz CT molecular complexity index is 56.2. The number of rotatable bonds is 0. The molecule has 0 bridgehead atoms. The second kappa shape index (κ2) is 10.9. The van der Waals surface area contributed by atoms with Crippen LogP contribution in [0.25, 0.3) is 0 Å². The standard InChI is InChI=1S/C6H14N2.2C2H6/c1-5-3-8-6(2)4-7-5;2*1-2/h5-8H,3-4H2,1-2H3;2*1-2H3. The Labute approximate surface area is 78.1 Å². The van der Waals surface area contributed by atoms with E-state index >= 15 is 0 Å². The highest BCUT2D eigenvalue weighted by Gasteiger charge is 2.10. The number of hydrogen-bond acceptors (Lipinski definition) is 2. The van der Waals surface area contributed by atoms with Gasteiger partial charge in [-0.3, -0.25) is 0 Å². The van der Waals surface area contributed by atoms with Crippen LogP contribution in [0, 0.1) is 0 Å². The highest BCUT2D eigenvalue weighted by molar-refractivity contribution is 4.76. The van der Waals surface area contributed by atoms with Gasteiger partial charge in [0.05, 0.1) is 0 Å². The van der Waals surface area contributed by atoms with Gasteiger partial charge in [-0.15, -0.1) is 0 Å². The molecule has 1 aliphatic rings. The molecule has 76 valence electrons. The molecule has 0 aromatic carbocycles. The van der Waals surface area contributed by atoms with Crippen molar-refractivity contribution in [3.63, 3.8) is 0 Å². The van der Waals surface area contributed by atoms with Crippen LogP contribution < -0.4 is 10.6 Å². The molecule has 12 heavy (non-hydrogen) atoms. The van der Waals surface area contributed by atoms with E-state index in [2.05, 4.69) is 24.5 Å². The van der Waals surface area contributed by atoms with Gasteiger partial charge in [-0.2, -0.15) is 0 Å². The van der Waals surface area contributed by atoms with Crippen LogP contribution in [0.4, 0.5) is 0 Å². The molecular formula is C10H26N2. The molecule has 2 heteroatoms. The van der Waals surface area contributed by atoms with Crippen molar-refractivity contribution in [1.29, 1.82) is 0 Å². The molecule has 0 radical (unpaired) electrons. The Morgan fingerprint density at radius 1 is 0.750 bits per heavy atom. The molecule has 2 atom stereocenters. The number of nitrogens with one attached hydrogen (secondary N) is 2. The van der Waals surface area contributed by atoms with E-state index in [9.17, 15) is 0 Å². The fraction of sp³-hybridized carbons (Fsp3) is 1.00. The molecule has 1 heterocycles. The Balaban J connectivity index is 0. The predicted octanol–water partition coefficient (Wildman–Crippen LogP) is 2.01. The van der Waals surface area contributed by atoms with Crippen LogP contribution in [0.1, 0.15) is 41.5 Å². The van der Waals surface area contributed by atoms with Crippen LogP contribution in [-0.2, 0) is 0 Å². The number of hydrogen-bond donors (Lipinski definition) is 2. The van der Waals surface area contributed by atoms with Crippen LogP contribution in [0.3, 0.4) is 0 Å². The molecule has 1 rings (SSSR count). The molecule has 0 saturated carbocycles. The lowest BCUT2D eigenvalue weighted by atomic mass is 10.2. The van der Waals surface area contributed by atoms with E-state index in [1.54, 1.807) is 0 Å². The highest BCUT2D eigenvalue weighted by atomic mass is 15.1. The topological polar surface area (TPSA) is 24.1 Å². The van der Waals surface area contributed by atoms with E-state index < -0.39 is 0 Å². The van der Waals surface area contributed by atoms with Gasteiger partial charge in [0.2, 0.25) is 0 Å². The van der Waals surface area contributed by atoms with E-state index in [1.165, 1.54) is 0 Å². The van der Waals surface area contributed by atoms with Gasteiger partial charge in [-0.1, -0.05) is 27.7 Å². The molecule has 1 fully saturated rings. The van der Waals surface area contributed by atoms with Crippen molar-refractivity contribution in [1.82, 2.24) is 10.6 Å². The average Bonchev–Trinajstić information content (AvgIpc) is 2.17. The Morgan fingerprint density at radius 3 is 1.17 bits per heavy atom. The fourth-order valence-corrected chi connectivity index (χ4v) is 0.900. The van der Waals surface area contributed by atoms with Crippen LogP contribution in [0.15, 0.2) is 0 Å². The molecule has 2 nitrogen and oxygen atoms in total. The van der Waals surface area contributed by atoms with Crippen molar-refractivity contribution in [2.45, 2.75) is 53.6 Å². The maximum absolute atomic E-state index is 3.37. The summed E-state index contributed by atoms with van der Waals surface area (Å²) in [5.74, 6) is 0. The maximum atomic E-state index is 3.37. The lowest BCUT2D eigenvalue weighted by Gasteiger charge is -2.26. The largest absolute Gasteiger partial charge is 0.311 e. The number of piperazine rings is 1. The van der Waals surface area contributed by atoms with E-state index in [0.29, 0.717) is 12.1 Å². The van der Waals surface area contributed by atoms with Crippen LogP contribution in [-0.4, -0.2) is 25.2 Å². The molecule has 0 amide bonds. The first-order valence-electron chi connectivity index (χ1n) is 5.26. The van der Waals surface area contributed by atoms with Gasteiger partial charge < -0.3 is 10.6 Å². The molecule has 0 spiro atoms. The quantitative estimate of drug-likeness (QED) is 0.587. The molecule has 0 aromatic heterocycles. The van der Waals surface area contributed by atoms with E-state index in [0.717, 1.165) is 13.1 Å². The minimum absolute atomic E-state index is 0.659. The first kappa shape index (κ1) is 14.4. The first-order valence-corrected chi connectivity index (χ1v) is 5.26. The summed E-state index contributed by atoms with van der Waals surface area (Å²) in [5, 5.41) is 6.74. The van der Waals surface area contributed by atoms with E-state index in [-0.39, 0.29) is 0 Å². The monoisotopic (exact) mass is 174 g/mol. The molecule has 2 unspecified atom stereocenters. The zero-order chi connectivity index (χ0) is 9.98. The smallest absolute Gasteiger partial charge is 0.0164 e. The summed E-state index contributed by atoms with van der Waals surface area (Å²) < 4.78 is 0. The summed E-state index contributed by atoms with van der Waals surface area (Å²) in [6.45, 7) is 14.6. The lowest BCUT2D eigenvalue weighted by molar-refractivity contribution is 0.376. The molecule has 1 aliphatic heterocycles. The second-order valence-corrected chi connectivity index (χ2v) is 2.62. The lowest BCUT2D eigenvalue weighted by Crippen LogP contribution is -2.51. The molecule has 2 N–H and O–H groups in total. The average molecular weight is 174 g/mol. The summed E-state index contributed by atoms with van der Waals surface area (Å²) in [7, 11) is 0. The van der Waals surface area contributed by atoms with Gasteiger partial charge in [0.15, 0.2) is 0 Å². The molecule has 1 saturated heterocycles. The zero-order valence-electron chi connectivity index (χ0n) is 9.57. The van der Waals surface area contributed by atoms with Gasteiger partial charge in [0.1, 0.15) is 0 Å². The van der Waals surface area contributed by atoms with Crippen molar-refractivity contribution < 1.29 is 0 Å². The third-order valence-electron chi connectivity index (χ3n) is 1.54. The summed E-state index contributed by atoms with van der Waals surface area (Å²) in [6, 6.07) is 1.32. The van der Waals surface area contributed by atoms with Gasteiger partial charge in [-0.25, -0.2) is 0 Å². The summed E-state index contributed by atoms with van der Waals surface area (Å²) in [5.41, 5.74) is 0. The fourth-order valence-electron chi connectivity index (χ4n) is 0.900. The SMILES string of the molecule is CC.CC.CC1CNC(C)CN1. The van der Waals surface area contributed by atoms with Crippen LogP contribution in [0.2, 0.25) is 0 Å². The Hall–Kier alpha value is -0.0800. The van der Waals surface area contributed by atoms with Crippen LogP contribution in [0.5, 0.6) is 0 Å². The van der Waals surface area contributed by atoms with Gasteiger partial charge in [0.25, 0.3) is 0 Å². The van der Waals surface area contributed by atoms with Crippen molar-refractivity contribution in [3.05, 3.63) is 0 Å².